The van der Waals surface area contributed by atoms with Crippen LogP contribution in [0.1, 0.15) is 88.2 Å². The van der Waals surface area contributed by atoms with Gasteiger partial charge in [0.25, 0.3) is 0 Å². The lowest BCUT2D eigenvalue weighted by molar-refractivity contribution is 0.406. The first-order valence-electron chi connectivity index (χ1n) is 12.1. The molecule has 4 rings (SSSR count). The van der Waals surface area contributed by atoms with Gasteiger partial charge in [0.1, 0.15) is 0 Å². The summed E-state index contributed by atoms with van der Waals surface area (Å²) in [5.74, 6) is 1.52. The van der Waals surface area contributed by atoms with Gasteiger partial charge in [-0.1, -0.05) is 69.6 Å². The van der Waals surface area contributed by atoms with Gasteiger partial charge in [0, 0.05) is 18.4 Å². The molecule has 0 saturated heterocycles. The third-order valence-electron chi connectivity index (χ3n) is 7.38. The predicted octanol–water partition coefficient (Wildman–Crippen LogP) is 7.60. The van der Waals surface area contributed by atoms with Gasteiger partial charge in [0.2, 0.25) is 0 Å². The summed E-state index contributed by atoms with van der Waals surface area (Å²) in [6.07, 6.45) is 26.9. The Hall–Kier alpha value is -1.50. The quantitative estimate of drug-likeness (QED) is 0.513. The average Bonchev–Trinajstić information content (AvgIpc) is 2.92. The molecule has 1 heteroatoms. The molecule has 1 aromatic rings. The first-order chi connectivity index (χ1) is 13.8. The topological polar surface area (TPSA) is 3.24 Å². The van der Waals surface area contributed by atoms with Gasteiger partial charge in [0.05, 0.1) is 0 Å². The van der Waals surface area contributed by atoms with Crippen molar-refractivity contribution in [1.82, 2.24) is 0 Å². The molecule has 1 nitrogen and oxygen atoms in total. The number of allylic oxidation sites excluding steroid dienone is 3. The molecule has 0 amide bonds. The highest BCUT2D eigenvalue weighted by molar-refractivity contribution is 5.57. The Morgan fingerprint density at radius 3 is 2.14 bits per heavy atom. The van der Waals surface area contributed by atoms with E-state index in [0.29, 0.717) is 0 Å². The molecule has 28 heavy (non-hydrogen) atoms. The molecular weight excluding hydrogens is 338 g/mol. The van der Waals surface area contributed by atoms with Crippen molar-refractivity contribution in [1.29, 1.82) is 0 Å². The van der Waals surface area contributed by atoms with Crippen molar-refractivity contribution in [2.75, 3.05) is 11.9 Å². The van der Waals surface area contributed by atoms with E-state index in [0.717, 1.165) is 11.8 Å². The largest absolute Gasteiger partial charge is 0.345 e. The number of nitrogens with zero attached hydrogens (tertiary/aromatic N) is 1. The summed E-state index contributed by atoms with van der Waals surface area (Å²) in [7, 11) is 2.27. The van der Waals surface area contributed by atoms with Crippen molar-refractivity contribution in [3.8, 4) is 0 Å². The zero-order chi connectivity index (χ0) is 19.2. The number of hydrogen-bond donors (Lipinski definition) is 0. The van der Waals surface area contributed by atoms with Gasteiger partial charge in [-0.05, 0) is 79.7 Å². The number of benzene rings is 1. The Bertz CT molecular complexity index is 698. The molecule has 0 spiro atoms. The van der Waals surface area contributed by atoms with Crippen molar-refractivity contribution in [2.24, 2.45) is 11.8 Å². The predicted molar refractivity (Wildman–Crippen MR) is 122 cm³/mol. The zero-order valence-corrected chi connectivity index (χ0v) is 18.0. The fourth-order valence-electron chi connectivity index (χ4n) is 5.49. The number of hydrogen-bond acceptors (Lipinski definition) is 1. The van der Waals surface area contributed by atoms with E-state index in [4.69, 9.17) is 0 Å². The number of likely N-dealkylation sites (N-methyl/N-ethyl adjacent to an activating group) is 1. The first-order valence-corrected chi connectivity index (χ1v) is 12.1. The second-order valence-electron chi connectivity index (χ2n) is 9.40. The highest BCUT2D eigenvalue weighted by Crippen LogP contribution is 2.35. The Balaban J connectivity index is 1.52. The van der Waals surface area contributed by atoms with E-state index >= 15 is 0 Å². The second kappa shape index (κ2) is 9.81. The highest BCUT2D eigenvalue weighted by Gasteiger charge is 2.23. The lowest BCUT2D eigenvalue weighted by atomic mass is 9.81. The molecule has 0 bridgehead atoms. The van der Waals surface area contributed by atoms with E-state index in [9.17, 15) is 0 Å². The van der Waals surface area contributed by atoms with E-state index in [1.54, 1.807) is 11.1 Å². The highest BCUT2D eigenvalue weighted by atomic mass is 15.1. The monoisotopic (exact) mass is 377 g/mol. The van der Waals surface area contributed by atoms with Gasteiger partial charge < -0.3 is 4.90 Å². The molecule has 3 aliphatic rings. The molecule has 0 radical (unpaired) electrons. The molecule has 0 heterocycles. The van der Waals surface area contributed by atoms with E-state index in [-0.39, 0.29) is 0 Å². The molecule has 3 aliphatic carbocycles. The molecule has 0 aromatic heterocycles. The lowest BCUT2D eigenvalue weighted by Gasteiger charge is -2.30. The fourth-order valence-corrected chi connectivity index (χ4v) is 5.49. The summed E-state index contributed by atoms with van der Waals surface area (Å²) in [6, 6.07) is 7.27. The maximum Gasteiger partial charge on any atom is 0.0410 e. The van der Waals surface area contributed by atoms with Crippen molar-refractivity contribution >= 4 is 5.69 Å². The summed E-state index contributed by atoms with van der Waals surface area (Å²) in [4.78, 5) is 2.44. The Kier molecular flexibility index (Phi) is 6.94. The van der Waals surface area contributed by atoms with Crippen LogP contribution < -0.4 is 4.90 Å². The number of anilines is 1. The second-order valence-corrected chi connectivity index (χ2v) is 9.40. The van der Waals surface area contributed by atoms with Crippen LogP contribution in [0.25, 0.3) is 0 Å². The van der Waals surface area contributed by atoms with Crippen LogP contribution in [0.15, 0.2) is 42.1 Å². The SMILES string of the molecule is CN(C1=CC2CCCCCCCC2C=C1)c1ccc2c(c1)CCCCCCC2. The maximum atomic E-state index is 2.59. The van der Waals surface area contributed by atoms with Crippen LogP contribution in [-0.2, 0) is 12.8 Å². The molecule has 1 saturated carbocycles. The Morgan fingerprint density at radius 2 is 1.36 bits per heavy atom. The summed E-state index contributed by atoms with van der Waals surface area (Å²) in [6.45, 7) is 0. The standard InChI is InChI=1S/C27H39N/c1-28(26-18-16-22-12-8-4-2-6-10-14-24(22)20-26)27-19-17-23-13-9-5-3-7-11-15-25(23)21-27/h16-22,24H,2-15H2,1H3. The van der Waals surface area contributed by atoms with Gasteiger partial charge in [-0.3, -0.25) is 0 Å². The minimum atomic E-state index is 0.744. The summed E-state index contributed by atoms with van der Waals surface area (Å²) in [5.41, 5.74) is 5.98. The molecule has 1 fully saturated rings. The van der Waals surface area contributed by atoms with Crippen LogP contribution >= 0.6 is 0 Å². The van der Waals surface area contributed by atoms with Crippen LogP contribution in [0.2, 0.25) is 0 Å². The molecule has 2 unspecified atom stereocenters. The lowest BCUT2D eigenvalue weighted by Crippen LogP contribution is -2.22. The van der Waals surface area contributed by atoms with Crippen LogP contribution in [0.5, 0.6) is 0 Å². The average molecular weight is 378 g/mol. The minimum Gasteiger partial charge on any atom is -0.345 e. The smallest absolute Gasteiger partial charge is 0.0410 e. The Morgan fingerprint density at radius 1 is 0.714 bits per heavy atom. The summed E-state index contributed by atoms with van der Waals surface area (Å²) < 4.78 is 0. The van der Waals surface area contributed by atoms with Crippen molar-refractivity contribution < 1.29 is 0 Å². The van der Waals surface area contributed by atoms with E-state index < -0.39 is 0 Å². The van der Waals surface area contributed by atoms with Crippen LogP contribution in [-0.4, -0.2) is 7.05 Å². The number of rotatable bonds is 2. The summed E-state index contributed by atoms with van der Waals surface area (Å²) >= 11 is 0. The van der Waals surface area contributed by atoms with Gasteiger partial charge in [-0.25, -0.2) is 0 Å². The number of fused-ring (bicyclic) bond motifs is 2. The third-order valence-corrected chi connectivity index (χ3v) is 7.38. The normalized spacial score (nSPS) is 26.2. The Labute approximate surface area is 172 Å². The van der Waals surface area contributed by atoms with Gasteiger partial charge in [-0.15, -0.1) is 0 Å². The maximum absolute atomic E-state index is 2.59. The van der Waals surface area contributed by atoms with Gasteiger partial charge >= 0.3 is 0 Å². The van der Waals surface area contributed by atoms with Gasteiger partial charge in [-0.2, -0.15) is 0 Å². The van der Waals surface area contributed by atoms with Gasteiger partial charge in [0.15, 0.2) is 0 Å². The van der Waals surface area contributed by atoms with Crippen molar-refractivity contribution in [3.63, 3.8) is 0 Å². The first kappa shape index (κ1) is 19.8. The molecule has 2 atom stereocenters. The van der Waals surface area contributed by atoms with E-state index in [1.807, 2.05) is 0 Å². The van der Waals surface area contributed by atoms with Crippen LogP contribution in [0.3, 0.4) is 0 Å². The minimum absolute atomic E-state index is 0.744. The van der Waals surface area contributed by atoms with Crippen molar-refractivity contribution in [3.05, 3.63) is 53.3 Å². The van der Waals surface area contributed by atoms with Crippen LogP contribution in [0.4, 0.5) is 5.69 Å². The zero-order valence-electron chi connectivity index (χ0n) is 18.0. The molecule has 152 valence electrons. The summed E-state index contributed by atoms with van der Waals surface area (Å²) in [5, 5.41) is 0. The number of aryl methyl sites for hydroxylation is 2. The third kappa shape index (κ3) is 4.91. The molecule has 0 aliphatic heterocycles. The van der Waals surface area contributed by atoms with E-state index in [1.165, 1.54) is 101 Å². The molecular formula is C27H39N. The van der Waals surface area contributed by atoms with Crippen LogP contribution in [0, 0.1) is 11.8 Å². The molecule has 0 N–H and O–H groups in total. The van der Waals surface area contributed by atoms with Crippen molar-refractivity contribution in [2.45, 2.75) is 89.9 Å². The fraction of sp³-hybridized carbons (Fsp3) is 0.630. The van der Waals surface area contributed by atoms with E-state index in [2.05, 4.69) is 48.4 Å². The molecule has 1 aromatic carbocycles.